The van der Waals surface area contributed by atoms with Gasteiger partial charge in [0.25, 0.3) is 0 Å². The quantitative estimate of drug-likeness (QED) is 0.792. The van der Waals surface area contributed by atoms with Crippen molar-refractivity contribution in [1.29, 1.82) is 0 Å². The molecule has 1 aromatic rings. The van der Waals surface area contributed by atoms with Crippen LogP contribution in [0, 0.1) is 5.92 Å². The molecule has 1 aliphatic rings. The van der Waals surface area contributed by atoms with Gasteiger partial charge in [0.05, 0.1) is 0 Å². The molecule has 0 saturated carbocycles. The number of fused-ring (bicyclic) bond motifs is 1. The van der Waals surface area contributed by atoms with Crippen LogP contribution in [-0.4, -0.2) is 17.4 Å². The first-order valence-electron chi connectivity index (χ1n) is 7.39. The van der Waals surface area contributed by atoms with Crippen molar-refractivity contribution >= 4 is 5.91 Å². The van der Waals surface area contributed by atoms with E-state index < -0.39 is 0 Å². The first kappa shape index (κ1) is 14.1. The summed E-state index contributed by atoms with van der Waals surface area (Å²) >= 11 is 0. The number of hydrogen-bond acceptors (Lipinski definition) is 1. The molecular formula is C17H25NO. The second-order valence-corrected chi connectivity index (χ2v) is 6.20. The normalized spacial score (nSPS) is 15.6. The van der Waals surface area contributed by atoms with Gasteiger partial charge in [-0.2, -0.15) is 0 Å². The summed E-state index contributed by atoms with van der Waals surface area (Å²) in [5.74, 6) is 0.944. The van der Waals surface area contributed by atoms with Crippen molar-refractivity contribution in [2.24, 2.45) is 5.92 Å². The van der Waals surface area contributed by atoms with Gasteiger partial charge in [-0.25, -0.2) is 0 Å². The standard InChI is InChI=1S/C17H25NO/c1-12(2)14-7-8-16-11-18(17(19)13(3)4)9-5-6-15(16)10-14/h7-8,10,12-13H,5-6,9,11H2,1-4H3. The molecule has 0 N–H and O–H groups in total. The fourth-order valence-corrected chi connectivity index (χ4v) is 2.69. The molecule has 0 atom stereocenters. The zero-order valence-electron chi connectivity index (χ0n) is 12.6. The number of hydrogen-bond donors (Lipinski definition) is 0. The molecule has 0 aliphatic carbocycles. The first-order valence-corrected chi connectivity index (χ1v) is 7.39. The van der Waals surface area contributed by atoms with Gasteiger partial charge >= 0.3 is 0 Å². The van der Waals surface area contributed by atoms with Crippen LogP contribution >= 0.6 is 0 Å². The SMILES string of the molecule is CC(C)C(=O)N1CCCc2cc(C(C)C)ccc2C1. The van der Waals surface area contributed by atoms with E-state index in [1.807, 2.05) is 18.7 Å². The number of aryl methyl sites for hydroxylation is 1. The van der Waals surface area contributed by atoms with Crippen molar-refractivity contribution in [3.63, 3.8) is 0 Å². The van der Waals surface area contributed by atoms with Gasteiger partial charge in [0.2, 0.25) is 5.91 Å². The van der Waals surface area contributed by atoms with E-state index >= 15 is 0 Å². The average molecular weight is 259 g/mol. The van der Waals surface area contributed by atoms with Crippen molar-refractivity contribution in [2.75, 3.05) is 6.54 Å². The third kappa shape index (κ3) is 3.17. The Morgan fingerprint density at radius 2 is 1.89 bits per heavy atom. The van der Waals surface area contributed by atoms with Gasteiger partial charge in [-0.05, 0) is 35.4 Å². The Morgan fingerprint density at radius 1 is 1.16 bits per heavy atom. The zero-order chi connectivity index (χ0) is 14.0. The van der Waals surface area contributed by atoms with Crippen LogP contribution < -0.4 is 0 Å². The monoisotopic (exact) mass is 259 g/mol. The van der Waals surface area contributed by atoms with Crippen LogP contribution in [0.4, 0.5) is 0 Å². The van der Waals surface area contributed by atoms with Gasteiger partial charge in [0.1, 0.15) is 0 Å². The van der Waals surface area contributed by atoms with Crippen molar-refractivity contribution in [1.82, 2.24) is 4.90 Å². The fraction of sp³-hybridized carbons (Fsp3) is 0.588. The highest BCUT2D eigenvalue weighted by molar-refractivity contribution is 5.78. The second kappa shape index (κ2) is 5.77. The molecule has 1 heterocycles. The largest absolute Gasteiger partial charge is 0.338 e. The maximum atomic E-state index is 12.2. The number of carbonyl (C=O) groups is 1. The summed E-state index contributed by atoms with van der Waals surface area (Å²) in [6.45, 7) is 10.1. The minimum atomic E-state index is 0.0940. The van der Waals surface area contributed by atoms with E-state index in [0.717, 1.165) is 25.9 Å². The van der Waals surface area contributed by atoms with Crippen LogP contribution in [-0.2, 0) is 17.8 Å². The Bertz CT molecular complexity index is 462. The van der Waals surface area contributed by atoms with Crippen LogP contribution in [0.25, 0.3) is 0 Å². The molecular weight excluding hydrogens is 234 g/mol. The molecule has 2 rings (SSSR count). The molecule has 0 bridgehead atoms. The highest BCUT2D eigenvalue weighted by Crippen LogP contribution is 2.24. The van der Waals surface area contributed by atoms with Crippen molar-refractivity contribution in [3.8, 4) is 0 Å². The van der Waals surface area contributed by atoms with Gasteiger partial charge < -0.3 is 4.90 Å². The van der Waals surface area contributed by atoms with Crippen LogP contribution in [0.2, 0.25) is 0 Å². The Kier molecular flexibility index (Phi) is 4.28. The lowest BCUT2D eigenvalue weighted by Crippen LogP contribution is -2.33. The topological polar surface area (TPSA) is 20.3 Å². The minimum absolute atomic E-state index is 0.0940. The van der Waals surface area contributed by atoms with Crippen molar-refractivity contribution in [2.45, 2.75) is 53.0 Å². The zero-order valence-corrected chi connectivity index (χ0v) is 12.6. The Morgan fingerprint density at radius 3 is 2.53 bits per heavy atom. The molecule has 0 aromatic heterocycles. The van der Waals surface area contributed by atoms with Crippen LogP contribution in [0.1, 0.15) is 56.7 Å². The maximum Gasteiger partial charge on any atom is 0.225 e. The Balaban J connectivity index is 2.24. The highest BCUT2D eigenvalue weighted by Gasteiger charge is 2.21. The van der Waals surface area contributed by atoms with Crippen LogP contribution in [0.3, 0.4) is 0 Å². The number of nitrogens with zero attached hydrogens (tertiary/aromatic N) is 1. The molecule has 0 saturated heterocycles. The van der Waals surface area contributed by atoms with Crippen molar-refractivity contribution < 1.29 is 4.79 Å². The van der Waals surface area contributed by atoms with Crippen LogP contribution in [0.15, 0.2) is 18.2 Å². The lowest BCUT2D eigenvalue weighted by molar-refractivity contribution is -0.135. The van der Waals surface area contributed by atoms with E-state index in [4.69, 9.17) is 0 Å². The van der Waals surface area contributed by atoms with Crippen molar-refractivity contribution in [3.05, 3.63) is 34.9 Å². The molecule has 0 unspecified atom stereocenters. The minimum Gasteiger partial charge on any atom is -0.338 e. The molecule has 2 nitrogen and oxygen atoms in total. The van der Waals surface area contributed by atoms with Crippen LogP contribution in [0.5, 0.6) is 0 Å². The van der Waals surface area contributed by atoms with Gasteiger partial charge in [-0.3, -0.25) is 4.79 Å². The lowest BCUT2D eigenvalue weighted by atomic mass is 9.95. The first-order chi connectivity index (χ1) is 8.99. The summed E-state index contributed by atoms with van der Waals surface area (Å²) in [5.41, 5.74) is 4.17. The van der Waals surface area contributed by atoms with Gasteiger partial charge in [0, 0.05) is 19.0 Å². The molecule has 19 heavy (non-hydrogen) atoms. The summed E-state index contributed by atoms with van der Waals surface area (Å²) in [5, 5.41) is 0. The molecule has 1 amide bonds. The molecule has 2 heteroatoms. The third-order valence-electron chi connectivity index (χ3n) is 3.94. The van der Waals surface area contributed by atoms with E-state index in [0.29, 0.717) is 5.92 Å². The lowest BCUT2D eigenvalue weighted by Gasteiger charge is -2.23. The predicted molar refractivity (Wildman–Crippen MR) is 79.1 cm³/mol. The molecule has 1 aliphatic heterocycles. The fourth-order valence-electron chi connectivity index (χ4n) is 2.69. The number of rotatable bonds is 2. The Labute approximate surface area is 116 Å². The Hall–Kier alpha value is -1.31. The molecule has 0 spiro atoms. The van der Waals surface area contributed by atoms with E-state index in [9.17, 15) is 4.79 Å². The average Bonchev–Trinajstić information content (AvgIpc) is 2.58. The summed E-state index contributed by atoms with van der Waals surface area (Å²) < 4.78 is 0. The summed E-state index contributed by atoms with van der Waals surface area (Å²) in [4.78, 5) is 14.2. The smallest absolute Gasteiger partial charge is 0.225 e. The summed E-state index contributed by atoms with van der Waals surface area (Å²) in [7, 11) is 0. The van der Waals surface area contributed by atoms with E-state index in [-0.39, 0.29) is 11.8 Å². The second-order valence-electron chi connectivity index (χ2n) is 6.20. The van der Waals surface area contributed by atoms with E-state index in [1.54, 1.807) is 0 Å². The molecule has 0 fully saturated rings. The number of benzene rings is 1. The maximum absolute atomic E-state index is 12.2. The summed E-state index contributed by atoms with van der Waals surface area (Å²) in [6.07, 6.45) is 2.17. The summed E-state index contributed by atoms with van der Waals surface area (Å²) in [6, 6.07) is 6.77. The predicted octanol–water partition coefficient (Wildman–Crippen LogP) is 3.74. The molecule has 1 aromatic carbocycles. The number of amides is 1. The third-order valence-corrected chi connectivity index (χ3v) is 3.94. The van der Waals surface area contributed by atoms with Gasteiger partial charge in [-0.15, -0.1) is 0 Å². The highest BCUT2D eigenvalue weighted by atomic mass is 16.2. The molecule has 0 radical (unpaired) electrons. The van der Waals surface area contributed by atoms with E-state index in [2.05, 4.69) is 32.0 Å². The van der Waals surface area contributed by atoms with Gasteiger partial charge in [-0.1, -0.05) is 45.9 Å². The number of carbonyl (C=O) groups excluding carboxylic acids is 1. The van der Waals surface area contributed by atoms with E-state index in [1.165, 1.54) is 16.7 Å². The van der Waals surface area contributed by atoms with Gasteiger partial charge in [0.15, 0.2) is 0 Å². The molecule has 104 valence electrons.